The molecule has 2 aromatic rings. The monoisotopic (exact) mass is 247 g/mol. The highest BCUT2D eigenvalue weighted by molar-refractivity contribution is 5.47. The van der Waals surface area contributed by atoms with Crippen LogP contribution in [0.3, 0.4) is 0 Å². The SMILES string of the molecule is COc1cc(OC)cc(-n2cncc2C(C)N)c1. The van der Waals surface area contributed by atoms with Crippen molar-refractivity contribution in [1.82, 2.24) is 9.55 Å². The van der Waals surface area contributed by atoms with Crippen LogP contribution >= 0.6 is 0 Å². The lowest BCUT2D eigenvalue weighted by molar-refractivity contribution is 0.394. The molecule has 1 atom stereocenters. The van der Waals surface area contributed by atoms with Crippen LogP contribution in [0.2, 0.25) is 0 Å². The minimum Gasteiger partial charge on any atom is -0.497 e. The number of imidazole rings is 1. The number of nitrogens with zero attached hydrogens (tertiary/aromatic N) is 2. The third-order valence-electron chi connectivity index (χ3n) is 2.75. The minimum absolute atomic E-state index is 0.0929. The van der Waals surface area contributed by atoms with Gasteiger partial charge in [-0.1, -0.05) is 0 Å². The Morgan fingerprint density at radius 2 is 1.78 bits per heavy atom. The van der Waals surface area contributed by atoms with Crippen LogP contribution in [0, 0.1) is 0 Å². The summed E-state index contributed by atoms with van der Waals surface area (Å²) in [6, 6.07) is 5.56. The van der Waals surface area contributed by atoms with E-state index in [-0.39, 0.29) is 6.04 Å². The van der Waals surface area contributed by atoms with E-state index < -0.39 is 0 Å². The van der Waals surface area contributed by atoms with Gasteiger partial charge in [-0.2, -0.15) is 0 Å². The van der Waals surface area contributed by atoms with Crippen molar-refractivity contribution in [2.75, 3.05) is 14.2 Å². The van der Waals surface area contributed by atoms with Gasteiger partial charge in [0.2, 0.25) is 0 Å². The molecule has 2 N–H and O–H groups in total. The van der Waals surface area contributed by atoms with E-state index in [2.05, 4.69) is 4.98 Å². The van der Waals surface area contributed by atoms with E-state index in [1.807, 2.05) is 29.7 Å². The van der Waals surface area contributed by atoms with Gasteiger partial charge in [-0.15, -0.1) is 0 Å². The molecule has 0 aliphatic heterocycles. The maximum absolute atomic E-state index is 5.91. The summed E-state index contributed by atoms with van der Waals surface area (Å²) in [6.07, 6.45) is 3.49. The molecule has 2 rings (SSSR count). The molecule has 0 amide bonds. The smallest absolute Gasteiger partial charge is 0.124 e. The van der Waals surface area contributed by atoms with Gasteiger partial charge < -0.3 is 19.8 Å². The quantitative estimate of drug-likeness (QED) is 0.896. The van der Waals surface area contributed by atoms with Gasteiger partial charge in [0, 0.05) is 24.2 Å². The second kappa shape index (κ2) is 5.10. The van der Waals surface area contributed by atoms with Crippen LogP contribution in [-0.4, -0.2) is 23.8 Å². The Bertz CT molecular complexity index is 513. The molecule has 18 heavy (non-hydrogen) atoms. The van der Waals surface area contributed by atoms with E-state index in [1.54, 1.807) is 26.7 Å². The molecule has 0 aliphatic rings. The van der Waals surface area contributed by atoms with E-state index >= 15 is 0 Å². The van der Waals surface area contributed by atoms with E-state index in [0.717, 1.165) is 22.9 Å². The third kappa shape index (κ3) is 2.31. The fraction of sp³-hybridized carbons (Fsp3) is 0.308. The lowest BCUT2D eigenvalue weighted by Gasteiger charge is -2.13. The zero-order valence-electron chi connectivity index (χ0n) is 10.8. The highest BCUT2D eigenvalue weighted by Crippen LogP contribution is 2.26. The van der Waals surface area contributed by atoms with Crippen LogP contribution < -0.4 is 15.2 Å². The van der Waals surface area contributed by atoms with Crippen LogP contribution in [0.4, 0.5) is 0 Å². The summed E-state index contributed by atoms with van der Waals surface area (Å²) in [7, 11) is 3.25. The minimum atomic E-state index is -0.0929. The summed E-state index contributed by atoms with van der Waals surface area (Å²) >= 11 is 0. The molecule has 0 saturated carbocycles. The van der Waals surface area contributed by atoms with Crippen molar-refractivity contribution in [3.8, 4) is 17.2 Å². The van der Waals surface area contributed by atoms with Gasteiger partial charge in [0.1, 0.15) is 11.5 Å². The normalized spacial score (nSPS) is 12.2. The molecule has 96 valence electrons. The van der Waals surface area contributed by atoms with Gasteiger partial charge in [0.15, 0.2) is 0 Å². The van der Waals surface area contributed by atoms with Gasteiger partial charge >= 0.3 is 0 Å². The predicted molar refractivity (Wildman–Crippen MR) is 69.3 cm³/mol. The van der Waals surface area contributed by atoms with Gasteiger partial charge in [-0.25, -0.2) is 4.98 Å². The summed E-state index contributed by atoms with van der Waals surface area (Å²) in [5.74, 6) is 1.46. The molecule has 0 aliphatic carbocycles. The van der Waals surface area contributed by atoms with Crippen LogP contribution in [-0.2, 0) is 0 Å². The highest BCUT2D eigenvalue weighted by atomic mass is 16.5. The van der Waals surface area contributed by atoms with Crippen molar-refractivity contribution < 1.29 is 9.47 Å². The molecule has 5 nitrogen and oxygen atoms in total. The first-order valence-electron chi connectivity index (χ1n) is 5.67. The van der Waals surface area contributed by atoms with Crippen molar-refractivity contribution >= 4 is 0 Å². The average molecular weight is 247 g/mol. The van der Waals surface area contributed by atoms with E-state index in [4.69, 9.17) is 15.2 Å². The largest absolute Gasteiger partial charge is 0.497 e. The van der Waals surface area contributed by atoms with Crippen molar-refractivity contribution in [3.63, 3.8) is 0 Å². The molecule has 0 bridgehead atoms. The topological polar surface area (TPSA) is 62.3 Å². The maximum atomic E-state index is 5.91. The van der Waals surface area contributed by atoms with Crippen LogP contribution in [0.15, 0.2) is 30.7 Å². The first-order valence-corrected chi connectivity index (χ1v) is 5.67. The van der Waals surface area contributed by atoms with E-state index in [1.165, 1.54) is 0 Å². The molecular formula is C13H17N3O2. The van der Waals surface area contributed by atoms with Gasteiger partial charge in [0.05, 0.1) is 38.1 Å². The summed E-state index contributed by atoms with van der Waals surface area (Å²) in [6.45, 7) is 1.92. The lowest BCUT2D eigenvalue weighted by Crippen LogP contribution is -2.10. The molecular weight excluding hydrogens is 230 g/mol. The molecule has 0 radical (unpaired) electrons. The number of ether oxygens (including phenoxy) is 2. The Kier molecular flexibility index (Phi) is 3.53. The average Bonchev–Trinajstić information content (AvgIpc) is 2.87. The van der Waals surface area contributed by atoms with Crippen molar-refractivity contribution in [3.05, 3.63) is 36.4 Å². The van der Waals surface area contributed by atoms with Gasteiger partial charge in [-0.3, -0.25) is 0 Å². The second-order valence-electron chi connectivity index (χ2n) is 4.05. The first kappa shape index (κ1) is 12.4. The number of hydrogen-bond donors (Lipinski definition) is 1. The fourth-order valence-corrected chi connectivity index (χ4v) is 1.79. The number of aromatic nitrogens is 2. The second-order valence-corrected chi connectivity index (χ2v) is 4.05. The van der Waals surface area contributed by atoms with Crippen molar-refractivity contribution in [2.24, 2.45) is 5.73 Å². The molecule has 0 fully saturated rings. The molecule has 1 heterocycles. The number of methoxy groups -OCH3 is 2. The molecule has 5 heteroatoms. The Morgan fingerprint density at radius 3 is 2.28 bits per heavy atom. The van der Waals surface area contributed by atoms with Crippen LogP contribution in [0.25, 0.3) is 5.69 Å². The Balaban J connectivity index is 2.52. The van der Waals surface area contributed by atoms with Crippen LogP contribution in [0.1, 0.15) is 18.7 Å². The standard InChI is InChI=1S/C13H17N3O2/c1-9(14)13-7-15-8-16(13)10-4-11(17-2)6-12(5-10)18-3/h4-9H,14H2,1-3H3. The van der Waals surface area contributed by atoms with Crippen LogP contribution in [0.5, 0.6) is 11.5 Å². The number of rotatable bonds is 4. The maximum Gasteiger partial charge on any atom is 0.124 e. The summed E-state index contributed by atoms with van der Waals surface area (Å²) in [5, 5.41) is 0. The molecule has 0 spiro atoms. The lowest BCUT2D eigenvalue weighted by atomic mass is 10.2. The molecule has 1 aromatic carbocycles. The van der Waals surface area contributed by atoms with E-state index in [0.29, 0.717) is 0 Å². The third-order valence-corrected chi connectivity index (χ3v) is 2.75. The first-order chi connectivity index (χ1) is 8.65. The number of hydrogen-bond acceptors (Lipinski definition) is 4. The summed E-state index contributed by atoms with van der Waals surface area (Å²) in [5.41, 5.74) is 7.76. The number of benzene rings is 1. The van der Waals surface area contributed by atoms with Crippen molar-refractivity contribution in [2.45, 2.75) is 13.0 Å². The van der Waals surface area contributed by atoms with Gasteiger partial charge in [-0.05, 0) is 6.92 Å². The zero-order valence-corrected chi connectivity index (χ0v) is 10.8. The Labute approximate surface area is 106 Å². The molecule has 1 aromatic heterocycles. The van der Waals surface area contributed by atoms with E-state index in [9.17, 15) is 0 Å². The fourth-order valence-electron chi connectivity index (χ4n) is 1.79. The zero-order chi connectivity index (χ0) is 13.1. The predicted octanol–water partition coefficient (Wildman–Crippen LogP) is 1.91. The Morgan fingerprint density at radius 1 is 1.17 bits per heavy atom. The highest BCUT2D eigenvalue weighted by Gasteiger charge is 2.10. The Hall–Kier alpha value is -2.01. The number of nitrogens with two attached hydrogens (primary N) is 1. The van der Waals surface area contributed by atoms with Crippen molar-refractivity contribution in [1.29, 1.82) is 0 Å². The summed E-state index contributed by atoms with van der Waals surface area (Å²) < 4.78 is 12.4. The molecule has 0 saturated heterocycles. The molecule has 1 unspecified atom stereocenters. The van der Waals surface area contributed by atoms with Gasteiger partial charge in [0.25, 0.3) is 0 Å². The summed E-state index contributed by atoms with van der Waals surface area (Å²) in [4.78, 5) is 4.13.